The molecule has 3 nitrogen and oxygen atoms in total. The first-order valence-electron chi connectivity index (χ1n) is 5.93. The highest BCUT2D eigenvalue weighted by molar-refractivity contribution is 5.85. The highest BCUT2D eigenvalue weighted by atomic mass is 35.5. The molecule has 0 aliphatic rings. The molecular weight excluding hydrogens is 248 g/mol. The SMILES string of the molecule is CC(N)C(=O)NC(c1ccccc1)C(C)(C)C.Cl. The van der Waals surface area contributed by atoms with Gasteiger partial charge >= 0.3 is 0 Å². The first-order valence-corrected chi connectivity index (χ1v) is 5.93. The average Bonchev–Trinajstić information content (AvgIpc) is 2.25. The first-order chi connectivity index (χ1) is 7.82. The lowest BCUT2D eigenvalue weighted by Gasteiger charge is -2.32. The molecule has 0 bridgehead atoms. The van der Waals surface area contributed by atoms with Crippen LogP contribution in [0.5, 0.6) is 0 Å². The van der Waals surface area contributed by atoms with E-state index in [0.717, 1.165) is 5.56 Å². The molecule has 0 fully saturated rings. The van der Waals surface area contributed by atoms with Gasteiger partial charge in [-0.1, -0.05) is 51.1 Å². The van der Waals surface area contributed by atoms with Gasteiger partial charge in [0.2, 0.25) is 5.91 Å². The van der Waals surface area contributed by atoms with Crippen molar-refractivity contribution in [1.29, 1.82) is 0 Å². The minimum Gasteiger partial charge on any atom is -0.347 e. The maximum Gasteiger partial charge on any atom is 0.237 e. The third-order valence-corrected chi connectivity index (χ3v) is 2.70. The zero-order valence-electron chi connectivity index (χ0n) is 11.4. The Morgan fingerprint density at radius 3 is 2.11 bits per heavy atom. The molecule has 0 saturated carbocycles. The molecule has 1 rings (SSSR count). The van der Waals surface area contributed by atoms with Crippen LogP contribution in [0.3, 0.4) is 0 Å². The van der Waals surface area contributed by atoms with Crippen molar-refractivity contribution in [2.45, 2.75) is 39.8 Å². The molecule has 2 atom stereocenters. The Balaban J connectivity index is 0.00000289. The number of hydrogen-bond donors (Lipinski definition) is 2. The van der Waals surface area contributed by atoms with Gasteiger partial charge in [0, 0.05) is 0 Å². The molecule has 0 aromatic heterocycles. The molecule has 2 unspecified atom stereocenters. The third kappa shape index (κ3) is 4.67. The number of hydrogen-bond acceptors (Lipinski definition) is 2. The number of nitrogens with one attached hydrogen (secondary N) is 1. The predicted molar refractivity (Wildman–Crippen MR) is 77.7 cm³/mol. The smallest absolute Gasteiger partial charge is 0.237 e. The van der Waals surface area contributed by atoms with E-state index in [4.69, 9.17) is 5.73 Å². The summed E-state index contributed by atoms with van der Waals surface area (Å²) in [6.07, 6.45) is 0. The van der Waals surface area contributed by atoms with Crippen molar-refractivity contribution in [2.75, 3.05) is 0 Å². The zero-order valence-corrected chi connectivity index (χ0v) is 12.3. The van der Waals surface area contributed by atoms with E-state index in [2.05, 4.69) is 26.1 Å². The molecule has 3 N–H and O–H groups in total. The fourth-order valence-corrected chi connectivity index (χ4v) is 1.72. The van der Waals surface area contributed by atoms with Gasteiger partial charge < -0.3 is 11.1 Å². The summed E-state index contributed by atoms with van der Waals surface area (Å²) < 4.78 is 0. The van der Waals surface area contributed by atoms with Crippen LogP contribution in [0.25, 0.3) is 0 Å². The van der Waals surface area contributed by atoms with Crippen LogP contribution in [-0.2, 0) is 4.79 Å². The predicted octanol–water partition coefficient (Wildman–Crippen LogP) is 2.66. The van der Waals surface area contributed by atoms with Crippen LogP contribution < -0.4 is 11.1 Å². The zero-order chi connectivity index (χ0) is 13.1. The third-order valence-electron chi connectivity index (χ3n) is 2.70. The van der Waals surface area contributed by atoms with Gasteiger partial charge in [0.15, 0.2) is 0 Å². The van der Waals surface area contributed by atoms with Crippen molar-refractivity contribution in [1.82, 2.24) is 5.32 Å². The van der Waals surface area contributed by atoms with Crippen LogP contribution in [-0.4, -0.2) is 11.9 Å². The molecule has 0 heterocycles. The summed E-state index contributed by atoms with van der Waals surface area (Å²) in [6, 6.07) is 9.47. The molecule has 18 heavy (non-hydrogen) atoms. The normalized spacial score (nSPS) is 14.3. The van der Waals surface area contributed by atoms with E-state index in [9.17, 15) is 4.79 Å². The Labute approximate surface area is 116 Å². The van der Waals surface area contributed by atoms with Crippen molar-refractivity contribution in [3.63, 3.8) is 0 Å². The van der Waals surface area contributed by atoms with Gasteiger partial charge in [0.05, 0.1) is 12.1 Å². The molecule has 1 aromatic rings. The van der Waals surface area contributed by atoms with E-state index in [-0.39, 0.29) is 29.8 Å². The molecule has 102 valence electrons. The first kappa shape index (κ1) is 16.9. The average molecular weight is 271 g/mol. The van der Waals surface area contributed by atoms with Crippen LogP contribution in [0, 0.1) is 5.41 Å². The van der Waals surface area contributed by atoms with E-state index >= 15 is 0 Å². The Bertz CT molecular complexity index is 371. The maximum absolute atomic E-state index is 11.7. The highest BCUT2D eigenvalue weighted by Gasteiger charge is 2.28. The number of benzene rings is 1. The molecular formula is C14H23ClN2O. The van der Waals surface area contributed by atoms with E-state index < -0.39 is 6.04 Å². The van der Waals surface area contributed by atoms with Crippen molar-refractivity contribution >= 4 is 18.3 Å². The molecule has 4 heteroatoms. The van der Waals surface area contributed by atoms with Gasteiger partial charge in [-0.3, -0.25) is 4.79 Å². The Morgan fingerprint density at radius 1 is 1.22 bits per heavy atom. The van der Waals surface area contributed by atoms with Crippen LogP contribution in [0.4, 0.5) is 0 Å². The topological polar surface area (TPSA) is 55.1 Å². The summed E-state index contributed by atoms with van der Waals surface area (Å²) in [6.45, 7) is 8.00. The van der Waals surface area contributed by atoms with Crippen molar-refractivity contribution < 1.29 is 4.79 Å². The fraction of sp³-hybridized carbons (Fsp3) is 0.500. The van der Waals surface area contributed by atoms with E-state index in [0.29, 0.717) is 0 Å². The number of carbonyl (C=O) groups is 1. The second kappa shape index (κ2) is 6.76. The van der Waals surface area contributed by atoms with Crippen LogP contribution >= 0.6 is 12.4 Å². The lowest BCUT2D eigenvalue weighted by atomic mass is 9.82. The molecule has 0 aliphatic carbocycles. The number of nitrogens with two attached hydrogens (primary N) is 1. The second-order valence-electron chi connectivity index (χ2n) is 5.51. The number of rotatable bonds is 3. The lowest BCUT2D eigenvalue weighted by molar-refractivity contribution is -0.123. The van der Waals surface area contributed by atoms with Gasteiger partial charge in [-0.15, -0.1) is 12.4 Å². The fourth-order valence-electron chi connectivity index (χ4n) is 1.72. The molecule has 1 amide bonds. The Hall–Kier alpha value is -1.06. The molecule has 0 spiro atoms. The highest BCUT2D eigenvalue weighted by Crippen LogP contribution is 2.32. The largest absolute Gasteiger partial charge is 0.347 e. The molecule has 1 aromatic carbocycles. The Kier molecular flexibility index (Phi) is 6.36. The van der Waals surface area contributed by atoms with Crippen molar-refractivity contribution in [2.24, 2.45) is 11.1 Å². The maximum atomic E-state index is 11.7. The van der Waals surface area contributed by atoms with Gasteiger partial charge in [-0.25, -0.2) is 0 Å². The summed E-state index contributed by atoms with van der Waals surface area (Å²) in [5, 5.41) is 3.01. The van der Waals surface area contributed by atoms with Crippen molar-refractivity contribution in [3.05, 3.63) is 35.9 Å². The van der Waals surface area contributed by atoms with E-state index in [1.54, 1.807) is 6.92 Å². The van der Waals surface area contributed by atoms with E-state index in [1.807, 2.05) is 30.3 Å². The van der Waals surface area contributed by atoms with Gasteiger partial charge in [-0.2, -0.15) is 0 Å². The van der Waals surface area contributed by atoms with Crippen LogP contribution in [0.2, 0.25) is 0 Å². The summed E-state index contributed by atoms with van der Waals surface area (Å²) in [5.74, 6) is -0.117. The summed E-state index contributed by atoms with van der Waals surface area (Å²) in [7, 11) is 0. The summed E-state index contributed by atoms with van der Waals surface area (Å²) in [5.41, 5.74) is 6.65. The number of halogens is 1. The quantitative estimate of drug-likeness (QED) is 0.887. The minimum absolute atomic E-state index is 0. The summed E-state index contributed by atoms with van der Waals surface area (Å²) in [4.78, 5) is 11.7. The minimum atomic E-state index is -0.483. The monoisotopic (exact) mass is 270 g/mol. The van der Waals surface area contributed by atoms with Gasteiger partial charge in [-0.05, 0) is 17.9 Å². The van der Waals surface area contributed by atoms with Gasteiger partial charge in [0.1, 0.15) is 0 Å². The molecule has 0 radical (unpaired) electrons. The Morgan fingerprint density at radius 2 is 1.72 bits per heavy atom. The van der Waals surface area contributed by atoms with E-state index in [1.165, 1.54) is 0 Å². The van der Waals surface area contributed by atoms with Crippen LogP contribution in [0.15, 0.2) is 30.3 Å². The van der Waals surface area contributed by atoms with Crippen LogP contribution in [0.1, 0.15) is 39.3 Å². The standard InChI is InChI=1S/C14H22N2O.ClH/c1-10(15)13(17)16-12(14(2,3)4)11-8-6-5-7-9-11;/h5-10,12H,15H2,1-4H3,(H,16,17);1H. The van der Waals surface area contributed by atoms with Gasteiger partial charge in [0.25, 0.3) is 0 Å². The molecule has 0 aliphatic heterocycles. The summed E-state index contributed by atoms with van der Waals surface area (Å²) >= 11 is 0. The van der Waals surface area contributed by atoms with Crippen molar-refractivity contribution in [3.8, 4) is 0 Å². The number of carbonyl (C=O) groups excluding carboxylic acids is 1. The molecule has 0 saturated heterocycles. The second-order valence-corrected chi connectivity index (χ2v) is 5.51. The lowest BCUT2D eigenvalue weighted by Crippen LogP contribution is -2.44. The number of amides is 1.